The molecular weight excluding hydrogens is 366 g/mol. The number of likely N-dealkylation sites (tertiary alicyclic amines) is 1. The van der Waals surface area contributed by atoms with Crippen molar-refractivity contribution in [2.45, 2.75) is 38.3 Å². The van der Waals surface area contributed by atoms with Crippen LogP contribution in [0.5, 0.6) is 0 Å². The van der Waals surface area contributed by atoms with Gasteiger partial charge in [0.1, 0.15) is 6.04 Å². The van der Waals surface area contributed by atoms with Gasteiger partial charge >= 0.3 is 0 Å². The molecule has 1 fully saturated rings. The standard InChI is InChI=1S/C15H27N5O3S.ClH/c1-4-9-24(22,23)18-13-5-7-20(8-6-13)15(21)14(16-2)12-10-17-19(3)11-12;/h10-11,13-14,16,18H,4-9H2,1-3H3;1H. The lowest BCUT2D eigenvalue weighted by atomic mass is 10.0. The number of sulfonamides is 1. The first-order valence-electron chi connectivity index (χ1n) is 8.31. The van der Waals surface area contributed by atoms with Gasteiger partial charge in [-0.25, -0.2) is 13.1 Å². The van der Waals surface area contributed by atoms with Gasteiger partial charge in [0, 0.05) is 37.9 Å². The Balaban J connectivity index is 0.00000312. The molecule has 8 nitrogen and oxygen atoms in total. The third-order valence-electron chi connectivity index (χ3n) is 4.22. The quantitative estimate of drug-likeness (QED) is 0.700. The number of aryl methyl sites for hydroxylation is 1. The maximum absolute atomic E-state index is 12.7. The Morgan fingerprint density at radius 3 is 2.52 bits per heavy atom. The van der Waals surface area contributed by atoms with Crippen LogP contribution in [0.4, 0.5) is 0 Å². The molecule has 0 saturated carbocycles. The van der Waals surface area contributed by atoms with Crippen molar-refractivity contribution in [3.05, 3.63) is 18.0 Å². The minimum Gasteiger partial charge on any atom is -0.341 e. The number of amides is 1. The molecule has 0 bridgehead atoms. The number of likely N-dealkylation sites (N-methyl/N-ethyl adjacent to an activating group) is 1. The summed E-state index contributed by atoms with van der Waals surface area (Å²) in [6.07, 6.45) is 5.38. The summed E-state index contributed by atoms with van der Waals surface area (Å²) in [4.78, 5) is 14.5. The lowest BCUT2D eigenvalue weighted by Crippen LogP contribution is -2.49. The largest absolute Gasteiger partial charge is 0.341 e. The minimum atomic E-state index is -3.21. The van der Waals surface area contributed by atoms with Crippen molar-refractivity contribution in [2.24, 2.45) is 7.05 Å². The number of rotatable bonds is 7. The molecule has 1 aliphatic rings. The van der Waals surface area contributed by atoms with Crippen LogP contribution >= 0.6 is 12.4 Å². The molecule has 144 valence electrons. The summed E-state index contributed by atoms with van der Waals surface area (Å²) in [6.45, 7) is 2.95. The monoisotopic (exact) mass is 393 g/mol. The second kappa shape index (κ2) is 9.51. The van der Waals surface area contributed by atoms with E-state index in [1.807, 2.05) is 20.2 Å². The third-order valence-corrected chi connectivity index (χ3v) is 5.86. The number of hydrogen-bond acceptors (Lipinski definition) is 5. The van der Waals surface area contributed by atoms with E-state index in [1.54, 1.807) is 22.8 Å². The SMILES string of the molecule is CCCS(=O)(=O)NC1CCN(C(=O)C(NC)c2cnn(C)c2)CC1.Cl. The van der Waals surface area contributed by atoms with Crippen LogP contribution in [0.2, 0.25) is 0 Å². The molecule has 0 spiro atoms. The number of carbonyl (C=O) groups excluding carboxylic acids is 1. The maximum Gasteiger partial charge on any atom is 0.244 e. The van der Waals surface area contributed by atoms with Crippen molar-refractivity contribution < 1.29 is 13.2 Å². The first-order valence-corrected chi connectivity index (χ1v) is 9.96. The average Bonchev–Trinajstić information content (AvgIpc) is 2.94. The first-order chi connectivity index (χ1) is 11.4. The molecule has 1 aromatic heterocycles. The first kappa shape index (κ1) is 21.9. The second-order valence-electron chi connectivity index (χ2n) is 6.21. The number of nitrogens with one attached hydrogen (secondary N) is 2. The fourth-order valence-electron chi connectivity index (χ4n) is 3.00. The van der Waals surface area contributed by atoms with E-state index in [2.05, 4.69) is 15.1 Å². The molecule has 2 N–H and O–H groups in total. The fraction of sp³-hybridized carbons (Fsp3) is 0.733. The van der Waals surface area contributed by atoms with Crippen LogP contribution < -0.4 is 10.0 Å². The van der Waals surface area contributed by atoms with Gasteiger partial charge in [0.2, 0.25) is 15.9 Å². The molecule has 2 rings (SSSR count). The Labute approximate surface area is 155 Å². The van der Waals surface area contributed by atoms with Crippen LogP contribution in [0.25, 0.3) is 0 Å². The zero-order valence-corrected chi connectivity index (χ0v) is 16.6. The van der Waals surface area contributed by atoms with Crippen LogP contribution in [0.15, 0.2) is 12.4 Å². The van der Waals surface area contributed by atoms with Crippen LogP contribution in [0.1, 0.15) is 37.8 Å². The van der Waals surface area contributed by atoms with Gasteiger partial charge in [-0.05, 0) is 26.3 Å². The highest BCUT2D eigenvalue weighted by Crippen LogP contribution is 2.19. The lowest BCUT2D eigenvalue weighted by Gasteiger charge is -2.34. The van der Waals surface area contributed by atoms with Gasteiger partial charge < -0.3 is 10.2 Å². The van der Waals surface area contributed by atoms with Gasteiger partial charge in [0.25, 0.3) is 0 Å². The highest BCUT2D eigenvalue weighted by Gasteiger charge is 2.30. The molecule has 1 saturated heterocycles. The van der Waals surface area contributed by atoms with Gasteiger partial charge in [-0.15, -0.1) is 12.4 Å². The van der Waals surface area contributed by atoms with E-state index in [0.717, 1.165) is 5.56 Å². The van der Waals surface area contributed by atoms with Gasteiger partial charge in [-0.3, -0.25) is 9.48 Å². The number of halogens is 1. The van der Waals surface area contributed by atoms with Crippen molar-refractivity contribution >= 4 is 28.3 Å². The summed E-state index contributed by atoms with van der Waals surface area (Å²) < 4.78 is 28.1. The lowest BCUT2D eigenvalue weighted by molar-refractivity contribution is -0.134. The molecule has 0 radical (unpaired) electrons. The van der Waals surface area contributed by atoms with E-state index in [1.165, 1.54) is 0 Å². The van der Waals surface area contributed by atoms with E-state index < -0.39 is 16.1 Å². The molecule has 1 unspecified atom stereocenters. The van der Waals surface area contributed by atoms with Crippen LogP contribution in [0.3, 0.4) is 0 Å². The Kier molecular flexibility index (Phi) is 8.33. The number of aromatic nitrogens is 2. The smallest absolute Gasteiger partial charge is 0.244 e. The molecule has 1 aromatic rings. The average molecular weight is 394 g/mol. The normalized spacial score (nSPS) is 17.2. The maximum atomic E-state index is 12.7. The Morgan fingerprint density at radius 2 is 2.04 bits per heavy atom. The zero-order valence-electron chi connectivity index (χ0n) is 14.9. The van der Waals surface area contributed by atoms with Gasteiger partial charge in [-0.2, -0.15) is 5.10 Å². The summed E-state index contributed by atoms with van der Waals surface area (Å²) >= 11 is 0. The van der Waals surface area contributed by atoms with Gasteiger partial charge in [-0.1, -0.05) is 6.92 Å². The van der Waals surface area contributed by atoms with Crippen molar-refractivity contribution in [2.75, 3.05) is 25.9 Å². The van der Waals surface area contributed by atoms with E-state index in [0.29, 0.717) is 32.4 Å². The molecule has 1 amide bonds. The molecule has 0 aliphatic carbocycles. The topological polar surface area (TPSA) is 96.3 Å². The number of hydrogen-bond donors (Lipinski definition) is 2. The Morgan fingerprint density at radius 1 is 1.40 bits per heavy atom. The Bertz CT molecular complexity index is 656. The van der Waals surface area contributed by atoms with Crippen molar-refractivity contribution in [1.29, 1.82) is 0 Å². The number of piperidine rings is 1. The van der Waals surface area contributed by atoms with Crippen LogP contribution in [-0.4, -0.2) is 60.9 Å². The number of carbonyl (C=O) groups is 1. The van der Waals surface area contributed by atoms with Crippen LogP contribution in [0, 0.1) is 0 Å². The molecule has 25 heavy (non-hydrogen) atoms. The second-order valence-corrected chi connectivity index (χ2v) is 8.08. The Hall–Kier alpha value is -1.16. The number of nitrogens with zero attached hydrogens (tertiary/aromatic N) is 3. The summed E-state index contributed by atoms with van der Waals surface area (Å²) in [6, 6.07) is -0.510. The molecule has 0 aromatic carbocycles. The van der Waals surface area contributed by atoms with E-state index >= 15 is 0 Å². The van der Waals surface area contributed by atoms with Gasteiger partial charge in [0.05, 0.1) is 11.9 Å². The van der Waals surface area contributed by atoms with E-state index in [-0.39, 0.29) is 30.1 Å². The molecule has 1 aliphatic heterocycles. The molecule has 10 heteroatoms. The van der Waals surface area contributed by atoms with E-state index in [9.17, 15) is 13.2 Å². The third kappa shape index (κ3) is 5.95. The molecule has 2 heterocycles. The van der Waals surface area contributed by atoms with Crippen molar-refractivity contribution in [1.82, 2.24) is 24.7 Å². The predicted octanol–water partition coefficient (Wildman–Crippen LogP) is 0.423. The molecule has 1 atom stereocenters. The fourth-order valence-corrected chi connectivity index (χ4v) is 4.40. The summed E-state index contributed by atoms with van der Waals surface area (Å²) in [5, 5.41) is 7.15. The van der Waals surface area contributed by atoms with Crippen molar-refractivity contribution in [3.8, 4) is 0 Å². The predicted molar refractivity (Wildman–Crippen MR) is 99.1 cm³/mol. The highest BCUT2D eigenvalue weighted by atomic mass is 35.5. The van der Waals surface area contributed by atoms with Crippen molar-refractivity contribution in [3.63, 3.8) is 0 Å². The summed E-state index contributed by atoms with van der Waals surface area (Å²) in [5.41, 5.74) is 0.829. The van der Waals surface area contributed by atoms with Gasteiger partial charge in [0.15, 0.2) is 0 Å². The zero-order chi connectivity index (χ0) is 17.7. The highest BCUT2D eigenvalue weighted by molar-refractivity contribution is 7.89. The van der Waals surface area contributed by atoms with Crippen LogP contribution in [-0.2, 0) is 21.9 Å². The minimum absolute atomic E-state index is 0. The molecular formula is C15H28ClN5O3S. The summed E-state index contributed by atoms with van der Waals surface area (Å²) in [7, 11) is 0.358. The van der Waals surface area contributed by atoms with E-state index in [4.69, 9.17) is 0 Å². The summed E-state index contributed by atoms with van der Waals surface area (Å²) in [5.74, 6) is 0.148.